The number of anilines is 1. The average molecular weight is 349 g/mol. The molecule has 0 fully saturated rings. The Morgan fingerprint density at radius 3 is 2.39 bits per heavy atom. The fraction of sp³-hybridized carbons (Fsp3) is 0.278. The van der Waals surface area contributed by atoms with Gasteiger partial charge in [0.2, 0.25) is 0 Å². The van der Waals surface area contributed by atoms with E-state index in [1.165, 1.54) is 0 Å². The zero-order valence-corrected chi connectivity index (χ0v) is 14.7. The van der Waals surface area contributed by atoms with E-state index in [4.69, 9.17) is 23.2 Å². The highest BCUT2D eigenvalue weighted by molar-refractivity contribution is 6.32. The zero-order chi connectivity index (χ0) is 16.8. The lowest BCUT2D eigenvalue weighted by Crippen LogP contribution is -2.56. The second-order valence-electron chi connectivity index (χ2n) is 6.75. The number of amides is 1. The van der Waals surface area contributed by atoms with Crippen LogP contribution in [0.1, 0.15) is 31.9 Å². The molecule has 1 unspecified atom stereocenters. The molecule has 2 aromatic rings. The third-order valence-electron chi connectivity index (χ3n) is 3.81. The normalized spacial score (nSPS) is 20.3. The molecule has 1 aliphatic rings. The van der Waals surface area contributed by atoms with Crippen molar-refractivity contribution in [2.24, 2.45) is 0 Å². The van der Waals surface area contributed by atoms with Crippen molar-refractivity contribution in [1.29, 1.82) is 0 Å². The lowest BCUT2D eigenvalue weighted by Gasteiger charge is -2.37. The molecule has 1 heterocycles. The molecule has 0 saturated heterocycles. The molecule has 5 heteroatoms. The van der Waals surface area contributed by atoms with Crippen LogP contribution in [0, 0.1) is 0 Å². The van der Waals surface area contributed by atoms with Gasteiger partial charge in [-0.2, -0.15) is 0 Å². The van der Waals surface area contributed by atoms with Crippen LogP contribution in [0.15, 0.2) is 42.5 Å². The van der Waals surface area contributed by atoms with E-state index in [0.717, 1.165) is 16.8 Å². The van der Waals surface area contributed by atoms with Gasteiger partial charge in [0, 0.05) is 32.4 Å². The van der Waals surface area contributed by atoms with Crippen molar-refractivity contribution in [3.8, 4) is 0 Å². The van der Waals surface area contributed by atoms with E-state index in [0.29, 0.717) is 10.0 Å². The topological polar surface area (TPSA) is 41.1 Å². The Hall–Kier alpha value is -1.55. The standard InChI is InChI=1S/C18H18Cl2N2O/c1-17(2,3)22-18(12-6-4-5-7-14(12)20)13-10-11(19)8-9-15(13)21-16(18)23/h4-10,22H,1-3H3,(H,21,23). The quantitative estimate of drug-likeness (QED) is 0.833. The summed E-state index contributed by atoms with van der Waals surface area (Å²) in [5.41, 5.74) is 0.862. The third-order valence-corrected chi connectivity index (χ3v) is 4.38. The van der Waals surface area contributed by atoms with Crippen LogP contribution in [0.5, 0.6) is 0 Å². The fourth-order valence-corrected chi connectivity index (χ4v) is 3.51. The molecule has 3 rings (SSSR count). The highest BCUT2D eigenvalue weighted by Gasteiger charge is 2.51. The van der Waals surface area contributed by atoms with Gasteiger partial charge in [-0.25, -0.2) is 0 Å². The molecule has 0 radical (unpaired) electrons. The summed E-state index contributed by atoms with van der Waals surface area (Å²) in [5.74, 6) is -0.155. The Balaban J connectivity index is 2.33. The van der Waals surface area contributed by atoms with Gasteiger partial charge in [-0.05, 0) is 45.0 Å². The molecule has 0 spiro atoms. The molecule has 0 aromatic heterocycles. The molecule has 3 nitrogen and oxygen atoms in total. The van der Waals surface area contributed by atoms with E-state index in [2.05, 4.69) is 10.6 Å². The van der Waals surface area contributed by atoms with Crippen LogP contribution in [-0.4, -0.2) is 11.4 Å². The Morgan fingerprint density at radius 2 is 1.74 bits per heavy atom. The van der Waals surface area contributed by atoms with Gasteiger partial charge in [0.25, 0.3) is 5.91 Å². The van der Waals surface area contributed by atoms with Crippen molar-refractivity contribution in [1.82, 2.24) is 5.32 Å². The van der Waals surface area contributed by atoms with Gasteiger partial charge < -0.3 is 5.32 Å². The van der Waals surface area contributed by atoms with Gasteiger partial charge in [-0.3, -0.25) is 10.1 Å². The summed E-state index contributed by atoms with van der Waals surface area (Å²) < 4.78 is 0. The first-order chi connectivity index (χ1) is 10.7. The summed E-state index contributed by atoms with van der Waals surface area (Å²) in [4.78, 5) is 13.0. The minimum atomic E-state index is -1.07. The van der Waals surface area contributed by atoms with Crippen LogP contribution in [0.25, 0.3) is 0 Å². The van der Waals surface area contributed by atoms with Gasteiger partial charge in [-0.1, -0.05) is 41.4 Å². The molecule has 120 valence electrons. The molecule has 0 aliphatic carbocycles. The van der Waals surface area contributed by atoms with Crippen molar-refractivity contribution in [2.75, 3.05) is 5.32 Å². The molecule has 1 aliphatic heterocycles. The molecular weight excluding hydrogens is 331 g/mol. The highest BCUT2D eigenvalue weighted by Crippen LogP contribution is 2.45. The molecule has 0 saturated carbocycles. The largest absolute Gasteiger partial charge is 0.324 e. The minimum absolute atomic E-state index is 0.155. The molecule has 23 heavy (non-hydrogen) atoms. The maximum atomic E-state index is 13.0. The summed E-state index contributed by atoms with van der Waals surface area (Å²) in [5, 5.41) is 7.52. The number of hydrogen-bond acceptors (Lipinski definition) is 2. The average Bonchev–Trinajstić information content (AvgIpc) is 2.71. The van der Waals surface area contributed by atoms with Crippen LogP contribution in [-0.2, 0) is 10.3 Å². The van der Waals surface area contributed by atoms with E-state index in [9.17, 15) is 4.79 Å². The predicted octanol–water partition coefficient (Wildman–Crippen LogP) is 4.58. The summed E-state index contributed by atoms with van der Waals surface area (Å²) in [7, 11) is 0. The van der Waals surface area contributed by atoms with Gasteiger partial charge in [0.1, 0.15) is 0 Å². The molecule has 2 aromatic carbocycles. The first-order valence-electron chi connectivity index (χ1n) is 7.40. The van der Waals surface area contributed by atoms with E-state index >= 15 is 0 Å². The Labute approximate surface area is 146 Å². The molecular formula is C18H18Cl2N2O. The Bertz CT molecular complexity index is 783. The first kappa shape index (κ1) is 16.3. The number of carbonyl (C=O) groups excluding carboxylic acids is 1. The first-order valence-corrected chi connectivity index (χ1v) is 8.15. The minimum Gasteiger partial charge on any atom is -0.324 e. The SMILES string of the molecule is CC(C)(C)NC1(c2ccccc2Cl)C(=O)Nc2ccc(Cl)cc21. The predicted molar refractivity (Wildman–Crippen MR) is 95.2 cm³/mol. The second-order valence-corrected chi connectivity index (χ2v) is 7.59. The number of halogens is 2. The van der Waals surface area contributed by atoms with Gasteiger partial charge in [-0.15, -0.1) is 0 Å². The third kappa shape index (κ3) is 2.74. The molecule has 2 N–H and O–H groups in total. The van der Waals surface area contributed by atoms with Crippen LogP contribution in [0.4, 0.5) is 5.69 Å². The van der Waals surface area contributed by atoms with Crippen molar-refractivity contribution in [3.63, 3.8) is 0 Å². The van der Waals surface area contributed by atoms with Crippen LogP contribution in [0.2, 0.25) is 10.0 Å². The fourth-order valence-electron chi connectivity index (χ4n) is 3.06. The van der Waals surface area contributed by atoms with Gasteiger partial charge in [0.15, 0.2) is 5.54 Å². The van der Waals surface area contributed by atoms with Crippen LogP contribution < -0.4 is 10.6 Å². The number of hydrogen-bond donors (Lipinski definition) is 2. The van der Waals surface area contributed by atoms with Crippen LogP contribution in [0.3, 0.4) is 0 Å². The van der Waals surface area contributed by atoms with E-state index in [1.807, 2.05) is 51.1 Å². The number of rotatable bonds is 2. The molecule has 0 bridgehead atoms. The van der Waals surface area contributed by atoms with E-state index in [1.54, 1.807) is 12.1 Å². The van der Waals surface area contributed by atoms with E-state index < -0.39 is 5.54 Å². The van der Waals surface area contributed by atoms with Crippen LogP contribution >= 0.6 is 23.2 Å². The van der Waals surface area contributed by atoms with Crippen molar-refractivity contribution < 1.29 is 4.79 Å². The maximum Gasteiger partial charge on any atom is 0.254 e. The number of nitrogens with one attached hydrogen (secondary N) is 2. The van der Waals surface area contributed by atoms with E-state index in [-0.39, 0.29) is 11.4 Å². The number of benzene rings is 2. The summed E-state index contributed by atoms with van der Waals surface area (Å²) in [6, 6.07) is 12.8. The summed E-state index contributed by atoms with van der Waals surface area (Å²) in [6.45, 7) is 6.05. The number of fused-ring (bicyclic) bond motifs is 1. The number of carbonyl (C=O) groups is 1. The molecule has 1 atom stereocenters. The van der Waals surface area contributed by atoms with Gasteiger partial charge in [0.05, 0.1) is 0 Å². The van der Waals surface area contributed by atoms with Crippen molar-refractivity contribution >= 4 is 34.8 Å². The van der Waals surface area contributed by atoms with Gasteiger partial charge >= 0.3 is 0 Å². The monoisotopic (exact) mass is 348 g/mol. The Morgan fingerprint density at radius 1 is 1.04 bits per heavy atom. The maximum absolute atomic E-state index is 13.0. The van der Waals surface area contributed by atoms with Crippen molar-refractivity contribution in [3.05, 3.63) is 63.6 Å². The summed E-state index contributed by atoms with van der Waals surface area (Å²) in [6.07, 6.45) is 0. The zero-order valence-electron chi connectivity index (χ0n) is 13.2. The Kier molecular flexibility index (Phi) is 3.91. The smallest absolute Gasteiger partial charge is 0.254 e. The summed E-state index contributed by atoms with van der Waals surface area (Å²) >= 11 is 12.6. The lowest BCUT2D eigenvalue weighted by molar-refractivity contribution is -0.121. The lowest BCUT2D eigenvalue weighted by atomic mass is 9.81. The van der Waals surface area contributed by atoms with Crippen molar-refractivity contribution in [2.45, 2.75) is 31.8 Å². The second kappa shape index (κ2) is 5.52. The highest BCUT2D eigenvalue weighted by atomic mass is 35.5. The molecule has 1 amide bonds.